The molecule has 1 aromatic rings. The first-order valence-electron chi connectivity index (χ1n) is 9.51. The van der Waals surface area contributed by atoms with Gasteiger partial charge in [-0.3, -0.25) is 0 Å². The monoisotopic (exact) mass is 363 g/mol. The van der Waals surface area contributed by atoms with Crippen LogP contribution in [0, 0.1) is 18.8 Å². The van der Waals surface area contributed by atoms with Crippen molar-refractivity contribution in [1.29, 1.82) is 0 Å². The van der Waals surface area contributed by atoms with Gasteiger partial charge < -0.3 is 9.64 Å². The number of rotatable bonds is 7. The summed E-state index contributed by atoms with van der Waals surface area (Å²) in [5.41, 5.74) is 1.84. The van der Waals surface area contributed by atoms with E-state index in [-0.39, 0.29) is 5.97 Å². The van der Waals surface area contributed by atoms with Gasteiger partial charge in [0.15, 0.2) is 0 Å². The highest BCUT2D eigenvalue weighted by Crippen LogP contribution is 2.34. The highest BCUT2D eigenvalue weighted by Gasteiger charge is 2.20. The molecule has 0 radical (unpaired) electrons. The molecule has 1 atom stereocenters. The highest BCUT2D eigenvalue weighted by molar-refractivity contribution is 7.10. The number of esters is 1. The second kappa shape index (κ2) is 12.1. The summed E-state index contributed by atoms with van der Waals surface area (Å²) in [4.78, 5) is 15.6. The lowest BCUT2D eigenvalue weighted by Crippen LogP contribution is -2.26. The fraction of sp³-hybridized carbons (Fsp3) is 0.667. The van der Waals surface area contributed by atoms with Gasteiger partial charge >= 0.3 is 5.97 Å². The van der Waals surface area contributed by atoms with Crippen LogP contribution >= 0.6 is 11.3 Å². The fourth-order valence-corrected chi connectivity index (χ4v) is 4.45. The van der Waals surface area contributed by atoms with Crippen LogP contribution in [-0.4, -0.2) is 37.6 Å². The molecule has 0 N–H and O–H groups in total. The van der Waals surface area contributed by atoms with E-state index in [0.717, 1.165) is 50.0 Å². The molecule has 1 unspecified atom stereocenters. The summed E-state index contributed by atoms with van der Waals surface area (Å²) in [6, 6.07) is 0. The molecule has 1 aromatic heterocycles. The molecule has 4 heteroatoms. The molecule has 140 valence electrons. The molecule has 0 saturated heterocycles. The van der Waals surface area contributed by atoms with Crippen LogP contribution in [0.4, 0.5) is 0 Å². The molecule has 0 fully saturated rings. The molecule has 0 saturated carbocycles. The number of thiophene rings is 1. The van der Waals surface area contributed by atoms with Gasteiger partial charge in [0.1, 0.15) is 0 Å². The minimum Gasteiger partial charge on any atom is -0.465 e. The maximum absolute atomic E-state index is 11.8. The Morgan fingerprint density at radius 2 is 1.96 bits per heavy atom. The predicted molar refractivity (Wildman–Crippen MR) is 107 cm³/mol. The van der Waals surface area contributed by atoms with Gasteiger partial charge in [-0.25, -0.2) is 4.79 Å². The summed E-state index contributed by atoms with van der Waals surface area (Å²) >= 11 is 1.71. The normalized spacial score (nSPS) is 15.2. The Morgan fingerprint density at radius 1 is 1.32 bits per heavy atom. The first kappa shape index (κ1) is 21.7. The maximum Gasteiger partial charge on any atom is 0.338 e. The van der Waals surface area contributed by atoms with Crippen LogP contribution in [0.2, 0.25) is 0 Å². The van der Waals surface area contributed by atoms with Crippen molar-refractivity contribution < 1.29 is 9.53 Å². The minimum atomic E-state index is -0.218. The molecule has 0 amide bonds. The number of hydrogen-bond donors (Lipinski definition) is 0. The van der Waals surface area contributed by atoms with Gasteiger partial charge in [0.25, 0.3) is 0 Å². The molecule has 3 nitrogen and oxygen atoms in total. The Morgan fingerprint density at radius 3 is 2.52 bits per heavy atom. The lowest BCUT2D eigenvalue weighted by atomic mass is 9.95. The van der Waals surface area contributed by atoms with Gasteiger partial charge in [0, 0.05) is 36.2 Å². The zero-order valence-electron chi connectivity index (χ0n) is 16.5. The van der Waals surface area contributed by atoms with Crippen LogP contribution in [0.1, 0.15) is 79.6 Å². The molecule has 25 heavy (non-hydrogen) atoms. The maximum atomic E-state index is 11.8. The van der Waals surface area contributed by atoms with E-state index in [1.165, 1.54) is 24.8 Å². The van der Waals surface area contributed by atoms with Gasteiger partial charge in [0.05, 0.1) is 12.7 Å². The van der Waals surface area contributed by atoms with Crippen molar-refractivity contribution in [2.75, 3.05) is 26.7 Å². The standard InChI is InChI=1S/C19H27NO2S.C2H6/c1-4-16(10-9-13-20-11-7-5-6-8-12-20)18-15(2)17(14-23-18)19(21)22-3;1-2/h14,16H,4,7-13H2,1-3H3;1-2H3. The van der Waals surface area contributed by atoms with E-state index in [4.69, 9.17) is 4.74 Å². The molecular weight excluding hydrogens is 330 g/mol. The third kappa shape index (κ3) is 6.49. The van der Waals surface area contributed by atoms with E-state index in [0.29, 0.717) is 5.92 Å². The number of ether oxygens (including phenoxy) is 1. The second-order valence-corrected chi connectivity index (χ2v) is 6.98. The van der Waals surface area contributed by atoms with Gasteiger partial charge in [0.2, 0.25) is 0 Å². The first-order chi connectivity index (χ1) is 12.2. The minimum absolute atomic E-state index is 0.218. The zero-order valence-corrected chi connectivity index (χ0v) is 17.3. The lowest BCUT2D eigenvalue weighted by Gasteiger charge is -2.21. The molecule has 0 spiro atoms. The molecular formula is C21H33NO2S. The van der Waals surface area contributed by atoms with Crippen LogP contribution in [0.15, 0.2) is 5.38 Å². The van der Waals surface area contributed by atoms with Crippen LogP contribution in [0.3, 0.4) is 0 Å². The quantitative estimate of drug-likeness (QED) is 0.490. The topological polar surface area (TPSA) is 29.5 Å². The number of methoxy groups -OCH3 is 1. The van der Waals surface area contributed by atoms with E-state index in [1.54, 1.807) is 11.3 Å². The van der Waals surface area contributed by atoms with Crippen molar-refractivity contribution in [3.05, 3.63) is 21.4 Å². The Bertz CT molecular complexity index is 570. The summed E-state index contributed by atoms with van der Waals surface area (Å²) in [6.45, 7) is 11.6. The van der Waals surface area contributed by atoms with Crippen molar-refractivity contribution in [3.63, 3.8) is 0 Å². The summed E-state index contributed by atoms with van der Waals surface area (Å²) < 4.78 is 4.87. The summed E-state index contributed by atoms with van der Waals surface area (Å²) in [6.07, 6.45) is 5.50. The van der Waals surface area contributed by atoms with E-state index >= 15 is 0 Å². The number of carbonyl (C=O) groups excluding carboxylic acids is 1. The number of hydrogen-bond acceptors (Lipinski definition) is 4. The van der Waals surface area contributed by atoms with E-state index in [1.807, 2.05) is 26.2 Å². The van der Waals surface area contributed by atoms with E-state index < -0.39 is 0 Å². The Kier molecular flexibility index (Phi) is 10.5. The Hall–Kier alpha value is -1.31. The third-order valence-corrected chi connectivity index (χ3v) is 5.85. The summed E-state index contributed by atoms with van der Waals surface area (Å²) in [5.74, 6) is 6.74. The van der Waals surface area contributed by atoms with Crippen LogP contribution < -0.4 is 0 Å². The lowest BCUT2D eigenvalue weighted by molar-refractivity contribution is 0.0600. The van der Waals surface area contributed by atoms with Crippen LogP contribution in [-0.2, 0) is 4.74 Å². The van der Waals surface area contributed by atoms with Crippen molar-refractivity contribution >= 4 is 17.3 Å². The second-order valence-electron chi connectivity index (χ2n) is 6.07. The van der Waals surface area contributed by atoms with E-state index in [9.17, 15) is 4.79 Å². The largest absolute Gasteiger partial charge is 0.465 e. The summed E-state index contributed by atoms with van der Waals surface area (Å²) in [5, 5.41) is 1.95. The van der Waals surface area contributed by atoms with Crippen molar-refractivity contribution in [1.82, 2.24) is 4.90 Å². The molecule has 0 aromatic carbocycles. The third-order valence-electron chi connectivity index (χ3n) is 4.60. The van der Waals surface area contributed by atoms with Gasteiger partial charge in [-0.1, -0.05) is 20.8 Å². The average molecular weight is 364 g/mol. The molecule has 2 rings (SSSR count). The summed E-state index contributed by atoms with van der Waals surface area (Å²) in [7, 11) is 1.45. The SMILES string of the molecule is CC.CCC(CCCN1CCC#CCC1)c1scc(C(=O)OC)c1C. The van der Waals surface area contributed by atoms with Crippen molar-refractivity contribution in [2.45, 2.75) is 65.7 Å². The molecule has 1 aliphatic heterocycles. The fourth-order valence-electron chi connectivity index (χ4n) is 3.17. The van der Waals surface area contributed by atoms with Crippen LogP contribution in [0.25, 0.3) is 0 Å². The average Bonchev–Trinajstić information content (AvgIpc) is 2.86. The number of carbonyl (C=O) groups is 1. The highest BCUT2D eigenvalue weighted by atomic mass is 32.1. The molecule has 0 aliphatic carbocycles. The first-order valence-corrected chi connectivity index (χ1v) is 10.4. The van der Waals surface area contributed by atoms with Gasteiger partial charge in [-0.05, 0) is 44.2 Å². The molecule has 0 bridgehead atoms. The van der Waals surface area contributed by atoms with Crippen molar-refractivity contribution in [2.24, 2.45) is 0 Å². The number of nitrogens with zero attached hydrogens (tertiary/aromatic N) is 1. The molecule has 1 aliphatic rings. The Labute approximate surface area is 157 Å². The zero-order chi connectivity index (χ0) is 18.7. The predicted octanol–water partition coefficient (Wildman–Crippen LogP) is 5.24. The van der Waals surface area contributed by atoms with Crippen molar-refractivity contribution in [3.8, 4) is 11.8 Å². The molecule has 2 heterocycles. The Balaban J connectivity index is 0.00000151. The van der Waals surface area contributed by atoms with Gasteiger partial charge in [-0.2, -0.15) is 0 Å². The van der Waals surface area contributed by atoms with Crippen LogP contribution in [0.5, 0.6) is 0 Å². The smallest absolute Gasteiger partial charge is 0.338 e. The van der Waals surface area contributed by atoms with Gasteiger partial charge in [-0.15, -0.1) is 23.2 Å². The van der Waals surface area contributed by atoms with E-state index in [2.05, 4.69) is 23.7 Å².